The Hall–Kier alpha value is -5.88. The van der Waals surface area contributed by atoms with E-state index in [1.165, 1.54) is 9.80 Å². The van der Waals surface area contributed by atoms with Crippen molar-refractivity contribution in [2.24, 2.45) is 0 Å². The molecule has 18 heteroatoms. The second-order valence-corrected chi connectivity index (χ2v) is 17.6. The zero-order chi connectivity index (χ0) is 47.6. The van der Waals surface area contributed by atoms with Crippen LogP contribution in [-0.4, -0.2) is 146 Å². The predicted molar refractivity (Wildman–Crippen MR) is 248 cm³/mol. The molecular formula is C48H70N10O8. The van der Waals surface area contributed by atoms with Crippen LogP contribution in [-0.2, 0) is 51.2 Å². The number of hydrogen-bond acceptors (Lipinski definition) is 10. The number of hydrogen-bond donors (Lipinski definition) is 8. The monoisotopic (exact) mass is 915 g/mol. The summed E-state index contributed by atoms with van der Waals surface area (Å²) in [5.74, 6) is -3.34. The standard InChI is InChI=1S/C48H70N10O8/c1-31(49-3)41(59)53-35-21-11-13-25-51-43(61)38(30-34-19-9-6-10-20-34)56-46(64)40-24-16-28-58(40)48(66)36(54-42(60)32(2)50-4)22-12-14-26-52-44(62)37(29-33-17-7-5-8-18-33)55-45(63)39-23-15-27-57(39)47(35)65/h5-10,17-20,31-32,35-40,49-50H,11-16,21-30H2,1-4H3,(H,51,61)(H,52,62)(H,53,59)(H,54,60)(H,55,63)(H,56,64)/t31-,32?,35-,36-,37-,38-,39?,40-/m0/s1. The third-order valence-corrected chi connectivity index (χ3v) is 12.8. The van der Waals surface area contributed by atoms with E-state index in [1.807, 2.05) is 60.7 Å². The molecule has 3 fully saturated rings. The van der Waals surface area contributed by atoms with Crippen LogP contribution in [0.5, 0.6) is 0 Å². The van der Waals surface area contributed by atoms with Gasteiger partial charge in [0.15, 0.2) is 0 Å². The summed E-state index contributed by atoms with van der Waals surface area (Å²) in [6, 6.07) is 11.8. The van der Waals surface area contributed by atoms with Crippen molar-refractivity contribution in [3.63, 3.8) is 0 Å². The number of carbonyl (C=O) groups is 8. The number of rotatable bonds is 10. The first-order valence-corrected chi connectivity index (χ1v) is 23.6. The summed E-state index contributed by atoms with van der Waals surface area (Å²) in [4.78, 5) is 114. The quantitative estimate of drug-likeness (QED) is 0.161. The Morgan fingerprint density at radius 2 is 0.924 bits per heavy atom. The summed E-state index contributed by atoms with van der Waals surface area (Å²) < 4.78 is 0. The molecule has 2 aromatic carbocycles. The van der Waals surface area contributed by atoms with Crippen LogP contribution in [0.4, 0.5) is 0 Å². The molecule has 8 atom stereocenters. The van der Waals surface area contributed by atoms with Crippen LogP contribution in [0, 0.1) is 0 Å². The van der Waals surface area contributed by atoms with Gasteiger partial charge in [-0.3, -0.25) is 38.4 Å². The highest BCUT2D eigenvalue weighted by Crippen LogP contribution is 2.23. The lowest BCUT2D eigenvalue weighted by Gasteiger charge is -2.31. The largest absolute Gasteiger partial charge is 0.354 e. The van der Waals surface area contributed by atoms with Crippen LogP contribution in [0.2, 0.25) is 0 Å². The summed E-state index contributed by atoms with van der Waals surface area (Å²) in [7, 11) is 3.28. The molecule has 2 unspecified atom stereocenters. The van der Waals surface area contributed by atoms with Crippen molar-refractivity contribution in [2.75, 3.05) is 40.3 Å². The third-order valence-electron chi connectivity index (χ3n) is 12.8. The summed E-state index contributed by atoms with van der Waals surface area (Å²) in [5.41, 5.74) is 1.64. The van der Waals surface area contributed by atoms with Crippen molar-refractivity contribution < 1.29 is 38.4 Å². The molecule has 5 rings (SSSR count). The van der Waals surface area contributed by atoms with E-state index >= 15 is 0 Å². The Labute approximate surface area is 388 Å². The molecule has 8 amide bonds. The van der Waals surface area contributed by atoms with Gasteiger partial charge in [0.1, 0.15) is 36.3 Å². The lowest BCUT2D eigenvalue weighted by Crippen LogP contribution is -2.58. The minimum atomic E-state index is -0.972. The molecule has 2 aromatic rings. The first-order valence-electron chi connectivity index (χ1n) is 23.6. The first kappa shape index (κ1) is 51.1. The lowest BCUT2D eigenvalue weighted by molar-refractivity contribution is -0.142. The van der Waals surface area contributed by atoms with Crippen LogP contribution < -0.4 is 42.5 Å². The van der Waals surface area contributed by atoms with Gasteiger partial charge in [-0.25, -0.2) is 0 Å². The Morgan fingerprint density at radius 3 is 1.29 bits per heavy atom. The van der Waals surface area contributed by atoms with Crippen molar-refractivity contribution in [3.8, 4) is 0 Å². The third kappa shape index (κ3) is 14.6. The van der Waals surface area contributed by atoms with Gasteiger partial charge in [-0.15, -0.1) is 0 Å². The number of nitrogens with zero attached hydrogens (tertiary/aromatic N) is 2. The number of likely N-dealkylation sites (N-methyl/N-ethyl adjacent to an activating group) is 2. The maximum atomic E-state index is 14.3. The molecule has 3 aliphatic rings. The molecule has 0 aromatic heterocycles. The Bertz CT molecular complexity index is 1830. The fraction of sp³-hybridized carbons (Fsp3) is 0.583. The van der Waals surface area contributed by atoms with E-state index in [0.29, 0.717) is 64.5 Å². The Morgan fingerprint density at radius 1 is 0.545 bits per heavy atom. The van der Waals surface area contributed by atoms with Gasteiger partial charge < -0.3 is 52.3 Å². The minimum absolute atomic E-state index is 0.194. The summed E-state index contributed by atoms with van der Waals surface area (Å²) in [6.07, 6.45) is 4.41. The Kier molecular flexibility index (Phi) is 19.9. The molecular weight excluding hydrogens is 845 g/mol. The summed E-state index contributed by atoms with van der Waals surface area (Å²) >= 11 is 0. The normalized spacial score (nSPS) is 25.6. The molecule has 0 spiro atoms. The van der Waals surface area contributed by atoms with E-state index in [1.54, 1.807) is 27.9 Å². The van der Waals surface area contributed by atoms with Gasteiger partial charge in [0, 0.05) is 39.0 Å². The number of benzene rings is 2. The van der Waals surface area contributed by atoms with Gasteiger partial charge in [0.2, 0.25) is 47.3 Å². The zero-order valence-corrected chi connectivity index (χ0v) is 38.9. The van der Waals surface area contributed by atoms with Crippen molar-refractivity contribution in [2.45, 2.75) is 139 Å². The van der Waals surface area contributed by atoms with Crippen molar-refractivity contribution in [3.05, 3.63) is 71.8 Å². The molecule has 8 N–H and O–H groups in total. The van der Waals surface area contributed by atoms with Crippen LogP contribution in [0.1, 0.15) is 89.2 Å². The highest BCUT2D eigenvalue weighted by atomic mass is 16.2. The van der Waals surface area contributed by atoms with Gasteiger partial charge in [0.25, 0.3) is 0 Å². The van der Waals surface area contributed by atoms with Gasteiger partial charge in [-0.2, -0.15) is 0 Å². The second kappa shape index (κ2) is 25.7. The van der Waals surface area contributed by atoms with E-state index in [9.17, 15) is 38.4 Å². The number of carbonyl (C=O) groups excluding carboxylic acids is 8. The van der Waals surface area contributed by atoms with Crippen LogP contribution in [0.15, 0.2) is 60.7 Å². The van der Waals surface area contributed by atoms with Crippen LogP contribution in [0.3, 0.4) is 0 Å². The molecule has 3 heterocycles. The molecule has 0 radical (unpaired) electrons. The smallest absolute Gasteiger partial charge is 0.245 e. The molecule has 3 saturated heterocycles. The van der Waals surface area contributed by atoms with E-state index in [0.717, 1.165) is 11.1 Å². The molecule has 66 heavy (non-hydrogen) atoms. The SMILES string of the molecule is CNC(C)C(=O)N[C@H]1CCCCNC(=O)[C@H](Cc2ccccc2)NC(=O)C2CCCN2C(=O)[C@@H](NC(=O)[C@H](C)NC)CCCCNC(=O)[C@H](Cc2ccccc2)NC(=O)[C@@H]2CCCN2C1=O. The highest BCUT2D eigenvalue weighted by Gasteiger charge is 2.41. The average Bonchev–Trinajstić information content (AvgIpc) is 4.03. The molecule has 0 saturated carbocycles. The molecule has 3 aliphatic heterocycles. The minimum Gasteiger partial charge on any atom is -0.354 e. The average molecular weight is 915 g/mol. The maximum absolute atomic E-state index is 14.3. The van der Waals surface area contributed by atoms with E-state index < -0.39 is 83.8 Å². The van der Waals surface area contributed by atoms with Crippen molar-refractivity contribution in [1.29, 1.82) is 0 Å². The maximum Gasteiger partial charge on any atom is 0.245 e. The van der Waals surface area contributed by atoms with Gasteiger partial charge in [-0.05, 0) is 103 Å². The van der Waals surface area contributed by atoms with Gasteiger partial charge in [0.05, 0.1) is 12.1 Å². The fourth-order valence-electron chi connectivity index (χ4n) is 8.65. The molecule has 360 valence electrons. The van der Waals surface area contributed by atoms with Crippen molar-refractivity contribution >= 4 is 47.3 Å². The molecule has 18 nitrogen and oxygen atoms in total. The second-order valence-electron chi connectivity index (χ2n) is 17.6. The number of fused-ring (bicyclic) bond motifs is 2. The fourth-order valence-corrected chi connectivity index (χ4v) is 8.65. The van der Waals surface area contributed by atoms with Crippen molar-refractivity contribution in [1.82, 2.24) is 52.3 Å². The van der Waals surface area contributed by atoms with E-state index in [-0.39, 0.29) is 50.6 Å². The highest BCUT2D eigenvalue weighted by molar-refractivity contribution is 5.96. The summed E-state index contributed by atoms with van der Waals surface area (Å²) in [6.45, 7) is 4.36. The van der Waals surface area contributed by atoms with Crippen LogP contribution >= 0.6 is 0 Å². The number of amides is 8. The van der Waals surface area contributed by atoms with Gasteiger partial charge in [-0.1, -0.05) is 60.7 Å². The topological polar surface area (TPSA) is 239 Å². The molecule has 0 bridgehead atoms. The Balaban J connectivity index is 1.41. The first-order chi connectivity index (χ1) is 31.8. The molecule has 0 aliphatic carbocycles. The predicted octanol–water partition coefficient (Wildman–Crippen LogP) is 0.195. The van der Waals surface area contributed by atoms with E-state index in [4.69, 9.17) is 0 Å². The van der Waals surface area contributed by atoms with Crippen LogP contribution in [0.25, 0.3) is 0 Å². The zero-order valence-electron chi connectivity index (χ0n) is 38.9. The summed E-state index contributed by atoms with van der Waals surface area (Å²) in [5, 5.41) is 23.3. The number of nitrogens with one attached hydrogen (secondary N) is 8. The lowest BCUT2D eigenvalue weighted by atomic mass is 10.0. The van der Waals surface area contributed by atoms with E-state index in [2.05, 4.69) is 42.5 Å². The van der Waals surface area contributed by atoms with Gasteiger partial charge >= 0.3 is 0 Å².